The number of aromatic nitrogens is 5. The Bertz CT molecular complexity index is 976. The molecule has 8 nitrogen and oxygen atoms in total. The van der Waals surface area contributed by atoms with Crippen LogP contribution in [0.3, 0.4) is 0 Å². The van der Waals surface area contributed by atoms with Crippen molar-refractivity contribution in [1.29, 1.82) is 0 Å². The molecule has 3 aromatic rings. The van der Waals surface area contributed by atoms with Gasteiger partial charge in [0.1, 0.15) is 5.82 Å². The van der Waals surface area contributed by atoms with Crippen LogP contribution in [-0.2, 0) is 4.79 Å². The lowest BCUT2D eigenvalue weighted by Crippen LogP contribution is -2.20. The average molecular weight is 412 g/mol. The van der Waals surface area contributed by atoms with Crippen LogP contribution in [0.2, 0.25) is 0 Å². The second-order valence-electron chi connectivity index (χ2n) is 7.30. The largest absolute Gasteiger partial charge is 0.336 e. The van der Waals surface area contributed by atoms with Crippen LogP contribution in [0.15, 0.2) is 41.6 Å². The van der Waals surface area contributed by atoms with E-state index in [9.17, 15) is 4.79 Å². The van der Waals surface area contributed by atoms with Gasteiger partial charge >= 0.3 is 0 Å². The van der Waals surface area contributed by atoms with Crippen LogP contribution in [0.4, 0.5) is 5.82 Å². The van der Waals surface area contributed by atoms with E-state index < -0.39 is 0 Å². The molecule has 4 rings (SSSR count). The summed E-state index contributed by atoms with van der Waals surface area (Å²) in [4.78, 5) is 12.5. The van der Waals surface area contributed by atoms with E-state index in [0.29, 0.717) is 16.9 Å². The van der Waals surface area contributed by atoms with E-state index in [2.05, 4.69) is 20.6 Å². The summed E-state index contributed by atoms with van der Waals surface area (Å²) >= 11 is 1.29. The van der Waals surface area contributed by atoms with Gasteiger partial charge in [-0.25, -0.2) is 9.36 Å². The van der Waals surface area contributed by atoms with E-state index in [1.807, 2.05) is 43.3 Å². The first kappa shape index (κ1) is 19.5. The number of para-hydroxylation sites is 1. The van der Waals surface area contributed by atoms with E-state index >= 15 is 0 Å². The third kappa shape index (κ3) is 4.45. The van der Waals surface area contributed by atoms with Gasteiger partial charge in [-0.1, -0.05) is 49.2 Å². The molecule has 9 heteroatoms. The number of anilines is 1. The van der Waals surface area contributed by atoms with Gasteiger partial charge in [-0.3, -0.25) is 4.79 Å². The molecule has 1 amide bonds. The lowest BCUT2D eigenvalue weighted by molar-refractivity contribution is -0.113. The monoisotopic (exact) mass is 411 g/mol. The predicted molar refractivity (Wildman–Crippen MR) is 114 cm³/mol. The fraction of sp³-hybridized carbons (Fsp3) is 0.400. The number of nitrogens with two attached hydrogens (primary N) is 1. The van der Waals surface area contributed by atoms with Crippen molar-refractivity contribution in [2.24, 2.45) is 0 Å². The van der Waals surface area contributed by atoms with E-state index in [1.165, 1.54) is 31.0 Å². The summed E-state index contributed by atoms with van der Waals surface area (Å²) in [5.74, 6) is 8.08. The molecule has 1 aliphatic rings. The highest BCUT2D eigenvalue weighted by molar-refractivity contribution is 7.99. The highest BCUT2D eigenvalue weighted by Gasteiger charge is 2.23. The Kier molecular flexibility index (Phi) is 5.84. The number of thioether (sulfide) groups is 1. The molecule has 0 aliphatic heterocycles. The summed E-state index contributed by atoms with van der Waals surface area (Å²) in [5.41, 5.74) is 1.72. The number of benzene rings is 1. The molecular weight excluding hydrogens is 386 g/mol. The Morgan fingerprint density at radius 1 is 1.21 bits per heavy atom. The van der Waals surface area contributed by atoms with Gasteiger partial charge in [-0.15, -0.1) is 10.2 Å². The molecule has 2 aromatic heterocycles. The number of rotatable bonds is 6. The molecule has 1 saturated carbocycles. The highest BCUT2D eigenvalue weighted by Crippen LogP contribution is 2.32. The molecule has 29 heavy (non-hydrogen) atoms. The van der Waals surface area contributed by atoms with Crippen molar-refractivity contribution < 1.29 is 4.79 Å². The summed E-state index contributed by atoms with van der Waals surface area (Å²) in [5, 5.41) is 16.4. The number of carbonyl (C=O) groups excluding carboxylic acids is 1. The van der Waals surface area contributed by atoms with Crippen molar-refractivity contribution in [2.75, 3.05) is 16.9 Å². The van der Waals surface area contributed by atoms with E-state index in [-0.39, 0.29) is 11.7 Å². The van der Waals surface area contributed by atoms with Crippen molar-refractivity contribution in [3.8, 4) is 5.69 Å². The zero-order valence-corrected chi connectivity index (χ0v) is 17.2. The lowest BCUT2D eigenvalue weighted by atomic mass is 9.89. The smallest absolute Gasteiger partial charge is 0.236 e. The topological polar surface area (TPSA) is 104 Å². The summed E-state index contributed by atoms with van der Waals surface area (Å²) in [6.45, 7) is 1.90. The van der Waals surface area contributed by atoms with Gasteiger partial charge in [0.15, 0.2) is 5.82 Å². The molecule has 0 saturated heterocycles. The molecule has 1 aliphatic carbocycles. The standard InChI is InChI=1S/C20H25N7OS/c1-14-12-17(27(25-14)16-10-6-3-7-11-16)22-18(28)13-29-20-24-23-19(26(20)21)15-8-4-2-5-9-15/h3,6-7,10-12,15H,2,4-5,8-9,13,21H2,1H3,(H,22,28). The maximum atomic E-state index is 12.5. The van der Waals surface area contributed by atoms with Crippen LogP contribution >= 0.6 is 11.8 Å². The molecule has 0 bridgehead atoms. The van der Waals surface area contributed by atoms with Crippen LogP contribution in [0.1, 0.15) is 49.5 Å². The molecule has 0 atom stereocenters. The van der Waals surface area contributed by atoms with E-state index in [1.54, 1.807) is 9.36 Å². The average Bonchev–Trinajstić information content (AvgIpc) is 3.30. The highest BCUT2D eigenvalue weighted by atomic mass is 32.2. The van der Waals surface area contributed by atoms with Crippen LogP contribution in [0.25, 0.3) is 5.69 Å². The van der Waals surface area contributed by atoms with Gasteiger partial charge in [-0.2, -0.15) is 5.10 Å². The third-order valence-corrected chi connectivity index (χ3v) is 6.04. The van der Waals surface area contributed by atoms with Gasteiger partial charge in [-0.05, 0) is 31.9 Å². The number of carbonyl (C=O) groups is 1. The van der Waals surface area contributed by atoms with Gasteiger partial charge in [0.05, 0.1) is 17.1 Å². The maximum Gasteiger partial charge on any atom is 0.236 e. The summed E-state index contributed by atoms with van der Waals surface area (Å²) in [7, 11) is 0. The first-order chi connectivity index (χ1) is 14.1. The van der Waals surface area contributed by atoms with E-state index in [4.69, 9.17) is 5.84 Å². The first-order valence-corrected chi connectivity index (χ1v) is 10.9. The van der Waals surface area contributed by atoms with Crippen molar-refractivity contribution in [1.82, 2.24) is 24.7 Å². The van der Waals surface area contributed by atoms with Crippen molar-refractivity contribution >= 4 is 23.5 Å². The summed E-state index contributed by atoms with van der Waals surface area (Å²) in [6, 6.07) is 11.6. The number of hydrogen-bond donors (Lipinski definition) is 2. The molecule has 1 fully saturated rings. The Hall–Kier alpha value is -2.81. The molecule has 2 heterocycles. The molecule has 1 aromatic carbocycles. The van der Waals surface area contributed by atoms with Gasteiger partial charge in [0.25, 0.3) is 0 Å². The number of aryl methyl sites for hydroxylation is 1. The van der Waals surface area contributed by atoms with Crippen molar-refractivity contribution in [2.45, 2.75) is 50.1 Å². The SMILES string of the molecule is Cc1cc(NC(=O)CSc2nnc(C3CCCCC3)n2N)n(-c2ccccc2)n1. The Labute approximate surface area is 173 Å². The molecule has 3 N–H and O–H groups in total. The summed E-state index contributed by atoms with van der Waals surface area (Å²) < 4.78 is 3.27. The van der Waals surface area contributed by atoms with Crippen molar-refractivity contribution in [3.05, 3.63) is 47.9 Å². The number of amides is 1. The quantitative estimate of drug-likeness (QED) is 0.477. The molecule has 152 valence electrons. The Balaban J connectivity index is 1.40. The molecular formula is C20H25N7OS. The minimum atomic E-state index is -0.144. The molecule has 0 unspecified atom stereocenters. The van der Waals surface area contributed by atoms with Crippen LogP contribution in [0.5, 0.6) is 0 Å². The Morgan fingerprint density at radius 2 is 1.97 bits per heavy atom. The minimum Gasteiger partial charge on any atom is -0.336 e. The van der Waals surface area contributed by atoms with Gasteiger partial charge in [0, 0.05) is 12.0 Å². The summed E-state index contributed by atoms with van der Waals surface area (Å²) in [6.07, 6.45) is 5.89. The normalized spacial score (nSPS) is 14.8. The van der Waals surface area contributed by atoms with Crippen LogP contribution in [0, 0.1) is 6.92 Å². The minimum absolute atomic E-state index is 0.144. The third-order valence-electron chi connectivity index (χ3n) is 5.09. The van der Waals surface area contributed by atoms with Crippen molar-refractivity contribution in [3.63, 3.8) is 0 Å². The second kappa shape index (κ2) is 8.69. The fourth-order valence-electron chi connectivity index (χ4n) is 3.69. The molecule has 0 spiro atoms. The Morgan fingerprint density at radius 3 is 2.72 bits per heavy atom. The van der Waals surface area contributed by atoms with Crippen LogP contribution < -0.4 is 11.2 Å². The maximum absolute atomic E-state index is 12.5. The lowest BCUT2D eigenvalue weighted by Gasteiger charge is -2.20. The number of nitrogens with one attached hydrogen (secondary N) is 1. The zero-order valence-electron chi connectivity index (χ0n) is 16.4. The molecule has 0 radical (unpaired) electrons. The van der Waals surface area contributed by atoms with E-state index in [0.717, 1.165) is 30.0 Å². The number of nitrogens with zero attached hydrogens (tertiary/aromatic N) is 5. The number of nitrogen functional groups attached to an aromatic ring is 1. The second-order valence-corrected chi connectivity index (χ2v) is 8.24. The van der Waals surface area contributed by atoms with Gasteiger partial charge < -0.3 is 11.2 Å². The fourth-order valence-corrected chi connectivity index (χ4v) is 4.35. The first-order valence-electron chi connectivity index (χ1n) is 9.87. The zero-order chi connectivity index (χ0) is 20.2. The predicted octanol–water partition coefficient (Wildman–Crippen LogP) is 3.26. The van der Waals surface area contributed by atoms with Gasteiger partial charge in [0.2, 0.25) is 11.1 Å². The number of hydrogen-bond acceptors (Lipinski definition) is 6. The van der Waals surface area contributed by atoms with Crippen LogP contribution in [-0.4, -0.2) is 36.3 Å².